The fourth-order valence-corrected chi connectivity index (χ4v) is 10.9. The normalized spacial score (nSPS) is 43.3. The van der Waals surface area contributed by atoms with Crippen LogP contribution in [-0.2, 0) is 46.1 Å². The molecule has 2 saturated heterocycles. The summed E-state index contributed by atoms with van der Waals surface area (Å²) < 4.78 is 50.9. The summed E-state index contributed by atoms with van der Waals surface area (Å²) in [5.74, 6) is 0.284. The van der Waals surface area contributed by atoms with Gasteiger partial charge >= 0.3 is 5.97 Å². The third-order valence-corrected chi connectivity index (χ3v) is 13.3. The van der Waals surface area contributed by atoms with Gasteiger partial charge in [-0.25, -0.2) is 4.68 Å². The van der Waals surface area contributed by atoms with Crippen LogP contribution in [0.4, 0.5) is 0 Å². The van der Waals surface area contributed by atoms with Crippen LogP contribution < -0.4 is 0 Å². The van der Waals surface area contributed by atoms with Gasteiger partial charge in [-0.15, -0.1) is 0 Å². The zero-order chi connectivity index (χ0) is 31.8. The van der Waals surface area contributed by atoms with Crippen molar-refractivity contribution in [3.8, 4) is 0 Å². The molecule has 11 heteroatoms. The van der Waals surface area contributed by atoms with E-state index < -0.39 is 15.9 Å². The van der Waals surface area contributed by atoms with Crippen LogP contribution >= 0.6 is 0 Å². The number of carbonyl (C=O) groups excluding carboxylic acids is 2. The zero-order valence-corrected chi connectivity index (χ0v) is 28.2. The second kappa shape index (κ2) is 11.2. The van der Waals surface area contributed by atoms with Crippen LogP contribution in [0.25, 0.3) is 0 Å². The van der Waals surface area contributed by atoms with Crippen molar-refractivity contribution in [2.75, 3.05) is 26.1 Å². The summed E-state index contributed by atoms with van der Waals surface area (Å²) in [6.07, 6.45) is 8.95. The van der Waals surface area contributed by atoms with E-state index in [1.807, 2.05) is 0 Å². The lowest BCUT2D eigenvalue weighted by atomic mass is 9.48. The fraction of sp³-hybridized carbons (Fsp3) is 0.848. The van der Waals surface area contributed by atoms with Crippen molar-refractivity contribution in [1.82, 2.24) is 9.78 Å². The van der Waals surface area contributed by atoms with E-state index in [1.165, 1.54) is 18.5 Å². The molecule has 2 aliphatic heterocycles. The molecule has 0 N–H and O–H groups in total. The summed E-state index contributed by atoms with van der Waals surface area (Å²) in [6, 6.07) is 0. The molecule has 0 aromatic carbocycles. The van der Waals surface area contributed by atoms with Gasteiger partial charge in [0.25, 0.3) is 10.1 Å². The SMILES string of the molecule is CC(=O)OC[C@H]1Cc2c(cnn2C(C)=O)C[C@]1(C)[C@H]1CC[C@]2(C)[C@@H]3[C@H](C[C@H]2[C@@H]1COS(C)(=O)=O)O[C@]1(CC[C@@H](C)CO1)[C@H]3C. The van der Waals surface area contributed by atoms with Gasteiger partial charge in [-0.1, -0.05) is 27.7 Å². The molecule has 3 heterocycles. The minimum absolute atomic E-state index is 0.0395. The number of esters is 1. The van der Waals surface area contributed by atoms with Gasteiger partial charge in [0.05, 0.1) is 44.1 Å². The Hall–Kier alpha value is -1.82. The average molecular weight is 635 g/mol. The van der Waals surface area contributed by atoms with Gasteiger partial charge in [-0.3, -0.25) is 13.8 Å². The van der Waals surface area contributed by atoms with Gasteiger partial charge < -0.3 is 14.2 Å². The van der Waals surface area contributed by atoms with E-state index in [1.54, 1.807) is 6.20 Å². The molecule has 10 nitrogen and oxygen atoms in total. The topological polar surface area (TPSA) is 123 Å². The minimum atomic E-state index is -3.66. The van der Waals surface area contributed by atoms with Crippen molar-refractivity contribution in [1.29, 1.82) is 0 Å². The van der Waals surface area contributed by atoms with Crippen LogP contribution in [0.15, 0.2) is 6.20 Å². The molecule has 44 heavy (non-hydrogen) atoms. The highest BCUT2D eigenvalue weighted by Gasteiger charge is 2.68. The van der Waals surface area contributed by atoms with Gasteiger partial charge in [-0.2, -0.15) is 13.5 Å². The number of nitrogens with zero attached hydrogens (tertiary/aromatic N) is 2. The molecule has 0 amide bonds. The molecule has 11 atom stereocenters. The Kier molecular flexibility index (Phi) is 8.15. The molecule has 0 radical (unpaired) electrons. The summed E-state index contributed by atoms with van der Waals surface area (Å²) in [4.78, 5) is 24.4. The molecule has 3 aliphatic carbocycles. The van der Waals surface area contributed by atoms with Crippen molar-refractivity contribution < 1.29 is 36.4 Å². The van der Waals surface area contributed by atoms with Crippen molar-refractivity contribution in [3.05, 3.63) is 17.5 Å². The largest absolute Gasteiger partial charge is 0.466 e. The number of aromatic nitrogens is 2. The van der Waals surface area contributed by atoms with Crippen LogP contribution in [0, 0.1) is 52.3 Å². The number of ether oxygens (including phenoxy) is 3. The summed E-state index contributed by atoms with van der Waals surface area (Å²) >= 11 is 0. The fourth-order valence-electron chi connectivity index (χ4n) is 10.5. The molecule has 1 aromatic heterocycles. The molecule has 6 rings (SSSR count). The van der Waals surface area contributed by atoms with Crippen LogP contribution in [0.5, 0.6) is 0 Å². The van der Waals surface area contributed by atoms with E-state index >= 15 is 0 Å². The van der Waals surface area contributed by atoms with Crippen molar-refractivity contribution in [3.63, 3.8) is 0 Å². The second-order valence-electron chi connectivity index (χ2n) is 15.3. The van der Waals surface area contributed by atoms with Gasteiger partial charge in [0.15, 0.2) is 5.79 Å². The lowest BCUT2D eigenvalue weighted by molar-refractivity contribution is -0.272. The van der Waals surface area contributed by atoms with Crippen molar-refractivity contribution >= 4 is 22.0 Å². The molecule has 1 spiro atoms. The van der Waals surface area contributed by atoms with E-state index in [4.69, 9.17) is 18.4 Å². The lowest BCUT2D eigenvalue weighted by Gasteiger charge is -2.57. The van der Waals surface area contributed by atoms with Crippen LogP contribution in [0.2, 0.25) is 0 Å². The zero-order valence-electron chi connectivity index (χ0n) is 27.3. The number of carbonyl (C=O) groups is 2. The molecule has 1 aromatic rings. The average Bonchev–Trinajstić information content (AvgIpc) is 3.56. The van der Waals surface area contributed by atoms with Crippen molar-refractivity contribution in [2.45, 2.75) is 98.4 Å². The maximum Gasteiger partial charge on any atom is 0.302 e. The maximum absolute atomic E-state index is 12.4. The Labute approximate surface area is 262 Å². The van der Waals surface area contributed by atoms with E-state index in [2.05, 4.69) is 32.8 Å². The summed E-state index contributed by atoms with van der Waals surface area (Å²) in [5, 5.41) is 4.41. The van der Waals surface area contributed by atoms with Gasteiger partial charge in [0.2, 0.25) is 5.91 Å². The molecular formula is C33H50N2O8S. The standard InChI is InChI=1S/C33H50N2O8S/c1-19-8-11-33(41-16-19)20(2)30-29(43-33)13-27-25(18-42-44(7,38)39)26(9-10-31(27,30)5)32(6)14-23-15-34-35(21(3)36)28(23)12-24(32)17-40-22(4)37/h15,19-20,24-27,29-30H,8-14,16-18H2,1-7H3/t19-,20+,24-,25-,26+,27+,29+,30+,31+,32+,33-/m1/s1. The monoisotopic (exact) mass is 634 g/mol. The molecular weight excluding hydrogens is 584 g/mol. The Morgan fingerprint density at radius 1 is 1.09 bits per heavy atom. The van der Waals surface area contributed by atoms with E-state index in [9.17, 15) is 18.0 Å². The number of hydrogen-bond acceptors (Lipinski definition) is 9. The molecule has 4 fully saturated rings. The van der Waals surface area contributed by atoms with Crippen LogP contribution in [0.1, 0.15) is 89.7 Å². The predicted octanol–water partition coefficient (Wildman–Crippen LogP) is 4.65. The summed E-state index contributed by atoms with van der Waals surface area (Å²) in [6.45, 7) is 13.2. The maximum atomic E-state index is 12.4. The first-order chi connectivity index (χ1) is 20.6. The van der Waals surface area contributed by atoms with E-state index in [0.29, 0.717) is 24.7 Å². The van der Waals surface area contributed by atoms with Gasteiger partial charge in [0, 0.05) is 32.1 Å². The highest BCUT2D eigenvalue weighted by atomic mass is 32.2. The second-order valence-corrected chi connectivity index (χ2v) is 17.0. The Morgan fingerprint density at radius 2 is 1.84 bits per heavy atom. The minimum Gasteiger partial charge on any atom is -0.466 e. The third-order valence-electron chi connectivity index (χ3n) is 12.7. The quantitative estimate of drug-likeness (QED) is 0.325. The summed E-state index contributed by atoms with van der Waals surface area (Å²) in [7, 11) is -3.66. The molecule has 0 bridgehead atoms. The first kappa shape index (κ1) is 32.1. The van der Waals surface area contributed by atoms with Crippen LogP contribution in [0.3, 0.4) is 0 Å². The summed E-state index contributed by atoms with van der Waals surface area (Å²) in [5.41, 5.74) is 1.52. The first-order valence-corrected chi connectivity index (χ1v) is 18.3. The Bertz CT molecular complexity index is 1400. The van der Waals surface area contributed by atoms with E-state index in [0.717, 1.165) is 56.2 Å². The highest BCUT2D eigenvalue weighted by molar-refractivity contribution is 7.85. The van der Waals surface area contributed by atoms with Gasteiger partial charge in [-0.05, 0) is 84.5 Å². The number of fused-ring (bicyclic) bond motifs is 4. The van der Waals surface area contributed by atoms with Crippen molar-refractivity contribution in [2.24, 2.45) is 52.3 Å². The first-order valence-electron chi connectivity index (χ1n) is 16.4. The molecule has 2 saturated carbocycles. The van der Waals surface area contributed by atoms with Gasteiger partial charge in [0.1, 0.15) is 0 Å². The number of hydrogen-bond donors (Lipinski definition) is 0. The Morgan fingerprint density at radius 3 is 2.48 bits per heavy atom. The predicted molar refractivity (Wildman–Crippen MR) is 162 cm³/mol. The third kappa shape index (κ3) is 5.27. The lowest BCUT2D eigenvalue weighted by Crippen LogP contribution is -2.54. The highest BCUT2D eigenvalue weighted by Crippen LogP contribution is 2.69. The smallest absolute Gasteiger partial charge is 0.302 e. The molecule has 5 aliphatic rings. The Balaban J connectivity index is 1.35. The molecule has 246 valence electrons. The van der Waals surface area contributed by atoms with E-state index in [-0.39, 0.29) is 71.6 Å². The molecule has 0 unspecified atom stereocenters. The number of rotatable bonds is 6. The van der Waals surface area contributed by atoms with Crippen LogP contribution in [-0.4, -0.2) is 68.0 Å².